The zero-order valence-corrected chi connectivity index (χ0v) is 12.5. The summed E-state index contributed by atoms with van der Waals surface area (Å²) in [5.41, 5.74) is 1.86. The van der Waals surface area contributed by atoms with Crippen LogP contribution in [0.4, 0.5) is 5.69 Å². The monoisotopic (exact) mass is 314 g/mol. The van der Waals surface area contributed by atoms with Gasteiger partial charge in [0.15, 0.2) is 0 Å². The maximum atomic E-state index is 11.8. The van der Waals surface area contributed by atoms with Crippen molar-refractivity contribution >= 4 is 27.5 Å². The number of amides is 1. The third-order valence-electron chi connectivity index (χ3n) is 2.43. The third-order valence-corrected chi connectivity index (χ3v) is 3.32. The van der Waals surface area contributed by atoms with Crippen molar-refractivity contribution in [1.82, 2.24) is 4.90 Å². The zero-order valence-electron chi connectivity index (χ0n) is 10.9. The standard InChI is InChI=1S/C13H19BrN2O2/c1-9-6-11(4-5-12(9)14)15-13(18)8-16(3)7-10(2)17/h4-6,10,17H,7-8H2,1-3H3,(H,15,18). The van der Waals surface area contributed by atoms with Crippen molar-refractivity contribution in [2.75, 3.05) is 25.5 Å². The van der Waals surface area contributed by atoms with E-state index in [2.05, 4.69) is 21.2 Å². The van der Waals surface area contributed by atoms with Gasteiger partial charge in [0, 0.05) is 16.7 Å². The van der Waals surface area contributed by atoms with Crippen LogP contribution in [0.3, 0.4) is 0 Å². The molecule has 0 aromatic heterocycles. The van der Waals surface area contributed by atoms with Crippen LogP contribution in [0.2, 0.25) is 0 Å². The molecule has 0 radical (unpaired) electrons. The van der Waals surface area contributed by atoms with Crippen molar-refractivity contribution in [2.24, 2.45) is 0 Å². The Morgan fingerprint density at radius 2 is 2.22 bits per heavy atom. The van der Waals surface area contributed by atoms with E-state index >= 15 is 0 Å². The summed E-state index contributed by atoms with van der Waals surface area (Å²) in [6.07, 6.45) is -0.433. The first-order chi connectivity index (χ1) is 8.38. The lowest BCUT2D eigenvalue weighted by Gasteiger charge is -2.17. The fourth-order valence-electron chi connectivity index (χ4n) is 1.68. The average molecular weight is 315 g/mol. The molecule has 0 heterocycles. The number of halogens is 1. The summed E-state index contributed by atoms with van der Waals surface area (Å²) in [5.74, 6) is -0.0835. The molecule has 1 atom stereocenters. The molecule has 1 aromatic carbocycles. The molecule has 0 fully saturated rings. The van der Waals surface area contributed by atoms with E-state index < -0.39 is 6.10 Å². The number of carbonyl (C=O) groups excluding carboxylic acids is 1. The molecule has 1 rings (SSSR count). The Morgan fingerprint density at radius 3 is 2.78 bits per heavy atom. The van der Waals surface area contributed by atoms with Crippen LogP contribution in [-0.4, -0.2) is 42.2 Å². The molecule has 0 spiro atoms. The Bertz CT molecular complexity index is 421. The number of benzene rings is 1. The highest BCUT2D eigenvalue weighted by atomic mass is 79.9. The lowest BCUT2D eigenvalue weighted by atomic mass is 10.2. The second kappa shape index (κ2) is 6.87. The van der Waals surface area contributed by atoms with Gasteiger partial charge in [-0.3, -0.25) is 9.69 Å². The fourth-order valence-corrected chi connectivity index (χ4v) is 1.93. The van der Waals surface area contributed by atoms with Crippen molar-refractivity contribution in [2.45, 2.75) is 20.0 Å². The van der Waals surface area contributed by atoms with E-state index in [-0.39, 0.29) is 12.5 Å². The van der Waals surface area contributed by atoms with Crippen molar-refractivity contribution in [3.8, 4) is 0 Å². The molecule has 2 N–H and O–H groups in total. The average Bonchev–Trinajstić information content (AvgIpc) is 2.21. The molecule has 5 heteroatoms. The van der Waals surface area contributed by atoms with E-state index in [1.54, 1.807) is 18.9 Å². The molecule has 18 heavy (non-hydrogen) atoms. The molecule has 4 nitrogen and oxygen atoms in total. The molecule has 0 aliphatic rings. The van der Waals surface area contributed by atoms with Crippen LogP contribution >= 0.6 is 15.9 Å². The second-order valence-electron chi connectivity index (χ2n) is 4.56. The summed E-state index contributed by atoms with van der Waals surface area (Å²) in [4.78, 5) is 13.5. The smallest absolute Gasteiger partial charge is 0.238 e. The number of nitrogens with one attached hydrogen (secondary N) is 1. The molecule has 0 bridgehead atoms. The Morgan fingerprint density at radius 1 is 1.56 bits per heavy atom. The van der Waals surface area contributed by atoms with Gasteiger partial charge in [0.05, 0.1) is 12.6 Å². The molecular weight excluding hydrogens is 296 g/mol. The van der Waals surface area contributed by atoms with Crippen LogP contribution in [0.15, 0.2) is 22.7 Å². The van der Waals surface area contributed by atoms with Crippen molar-refractivity contribution in [1.29, 1.82) is 0 Å². The van der Waals surface area contributed by atoms with Gasteiger partial charge in [-0.15, -0.1) is 0 Å². The van der Waals surface area contributed by atoms with Gasteiger partial charge in [-0.2, -0.15) is 0 Å². The predicted molar refractivity (Wildman–Crippen MR) is 76.7 cm³/mol. The topological polar surface area (TPSA) is 52.6 Å². The van der Waals surface area contributed by atoms with Crippen molar-refractivity contribution < 1.29 is 9.90 Å². The van der Waals surface area contributed by atoms with Crippen LogP contribution in [-0.2, 0) is 4.79 Å². The van der Waals surface area contributed by atoms with Gasteiger partial charge in [0.1, 0.15) is 0 Å². The predicted octanol–water partition coefficient (Wildman–Crippen LogP) is 2.01. The van der Waals surface area contributed by atoms with E-state index in [4.69, 9.17) is 0 Å². The lowest BCUT2D eigenvalue weighted by molar-refractivity contribution is -0.117. The highest BCUT2D eigenvalue weighted by Gasteiger charge is 2.09. The largest absolute Gasteiger partial charge is 0.392 e. The number of nitrogens with zero attached hydrogens (tertiary/aromatic N) is 1. The molecule has 0 aliphatic carbocycles. The summed E-state index contributed by atoms with van der Waals surface area (Å²) in [5, 5.41) is 12.0. The quantitative estimate of drug-likeness (QED) is 0.874. The first kappa shape index (κ1) is 15.1. The van der Waals surface area contributed by atoms with Crippen molar-refractivity contribution in [3.05, 3.63) is 28.2 Å². The zero-order chi connectivity index (χ0) is 13.7. The lowest BCUT2D eigenvalue weighted by Crippen LogP contribution is -2.34. The highest BCUT2D eigenvalue weighted by molar-refractivity contribution is 9.10. The number of carbonyl (C=O) groups is 1. The first-order valence-corrected chi connectivity index (χ1v) is 6.60. The number of aryl methyl sites for hydroxylation is 1. The van der Waals surface area contributed by atoms with Crippen LogP contribution < -0.4 is 5.32 Å². The SMILES string of the molecule is Cc1cc(NC(=O)CN(C)CC(C)O)ccc1Br. The number of rotatable bonds is 5. The Labute approximate surface area is 116 Å². The number of anilines is 1. The highest BCUT2D eigenvalue weighted by Crippen LogP contribution is 2.19. The molecule has 0 saturated heterocycles. The van der Waals surface area contributed by atoms with E-state index in [9.17, 15) is 9.90 Å². The van der Waals surface area contributed by atoms with Gasteiger partial charge >= 0.3 is 0 Å². The number of hydrogen-bond acceptors (Lipinski definition) is 3. The van der Waals surface area contributed by atoms with Crippen LogP contribution in [0, 0.1) is 6.92 Å². The maximum Gasteiger partial charge on any atom is 0.238 e. The number of likely N-dealkylation sites (N-methyl/N-ethyl adjacent to an activating group) is 1. The van der Waals surface area contributed by atoms with E-state index in [0.29, 0.717) is 6.54 Å². The van der Waals surface area contributed by atoms with E-state index in [0.717, 1.165) is 15.7 Å². The summed E-state index contributed by atoms with van der Waals surface area (Å²) in [6.45, 7) is 4.42. The normalized spacial score (nSPS) is 12.6. The third kappa shape index (κ3) is 5.16. The fraction of sp³-hybridized carbons (Fsp3) is 0.462. The van der Waals surface area contributed by atoms with Gasteiger partial charge < -0.3 is 10.4 Å². The molecule has 1 aromatic rings. The molecule has 0 aliphatic heterocycles. The summed E-state index contributed by atoms with van der Waals surface area (Å²) < 4.78 is 1.02. The number of hydrogen-bond donors (Lipinski definition) is 2. The summed E-state index contributed by atoms with van der Waals surface area (Å²) in [7, 11) is 1.80. The van der Waals surface area contributed by atoms with E-state index in [1.165, 1.54) is 0 Å². The molecule has 1 unspecified atom stereocenters. The van der Waals surface area contributed by atoms with Crippen LogP contribution in [0.25, 0.3) is 0 Å². The summed E-state index contributed by atoms with van der Waals surface area (Å²) in [6, 6.07) is 5.67. The van der Waals surface area contributed by atoms with E-state index in [1.807, 2.05) is 25.1 Å². The number of aliphatic hydroxyl groups excluding tert-OH is 1. The maximum absolute atomic E-state index is 11.8. The molecule has 1 amide bonds. The number of aliphatic hydroxyl groups is 1. The summed E-state index contributed by atoms with van der Waals surface area (Å²) >= 11 is 3.41. The van der Waals surface area contributed by atoms with Gasteiger partial charge in [0.25, 0.3) is 0 Å². The van der Waals surface area contributed by atoms with Crippen LogP contribution in [0.1, 0.15) is 12.5 Å². The Hall–Kier alpha value is -0.910. The van der Waals surface area contributed by atoms with Gasteiger partial charge in [0.2, 0.25) is 5.91 Å². The van der Waals surface area contributed by atoms with Gasteiger partial charge in [-0.25, -0.2) is 0 Å². The second-order valence-corrected chi connectivity index (χ2v) is 5.41. The Balaban J connectivity index is 2.51. The minimum absolute atomic E-state index is 0.0835. The van der Waals surface area contributed by atoms with Crippen molar-refractivity contribution in [3.63, 3.8) is 0 Å². The minimum Gasteiger partial charge on any atom is -0.392 e. The van der Waals surface area contributed by atoms with Gasteiger partial charge in [-0.05, 0) is 44.7 Å². The van der Waals surface area contributed by atoms with Crippen LogP contribution in [0.5, 0.6) is 0 Å². The molecule has 100 valence electrons. The first-order valence-electron chi connectivity index (χ1n) is 5.81. The minimum atomic E-state index is -0.433. The molecule has 0 saturated carbocycles. The van der Waals surface area contributed by atoms with Gasteiger partial charge in [-0.1, -0.05) is 15.9 Å². The Kier molecular flexibility index (Phi) is 5.78. The molecular formula is C13H19BrN2O2.